The van der Waals surface area contributed by atoms with Gasteiger partial charge in [0.05, 0.1) is 0 Å². The lowest BCUT2D eigenvalue weighted by molar-refractivity contribution is 0.443. The predicted molar refractivity (Wildman–Crippen MR) is 75.4 cm³/mol. The fourth-order valence-corrected chi connectivity index (χ4v) is 3.07. The Morgan fingerprint density at radius 1 is 1.33 bits per heavy atom. The van der Waals surface area contributed by atoms with Crippen LogP contribution in [0.5, 0.6) is 0 Å². The molecule has 2 aromatic rings. The first kappa shape index (κ1) is 11.7. The lowest BCUT2D eigenvalue weighted by Gasteiger charge is -2.20. The normalized spacial score (nSPS) is 22.9. The molecule has 2 nitrogen and oxygen atoms in total. The second kappa shape index (κ2) is 4.06. The van der Waals surface area contributed by atoms with Crippen LogP contribution in [0.25, 0.3) is 10.8 Å². The van der Waals surface area contributed by atoms with E-state index in [-0.39, 0.29) is 0 Å². The van der Waals surface area contributed by atoms with Gasteiger partial charge in [0.2, 0.25) is 0 Å². The van der Waals surface area contributed by atoms with Gasteiger partial charge in [-0.2, -0.15) is 0 Å². The van der Waals surface area contributed by atoms with Crippen LogP contribution in [0.4, 0.5) is 0 Å². The zero-order valence-electron chi connectivity index (χ0n) is 11.3. The summed E-state index contributed by atoms with van der Waals surface area (Å²) in [5.74, 6) is 0.737. The maximum Gasteiger partial charge on any atom is 0.0357 e. The number of rotatable bonds is 3. The molecule has 1 saturated carbocycles. The molecule has 3 rings (SSSR count). The molecule has 2 heteroatoms. The van der Waals surface area contributed by atoms with Gasteiger partial charge in [-0.05, 0) is 41.8 Å². The largest absolute Gasteiger partial charge is 0.313 e. The lowest BCUT2D eigenvalue weighted by Crippen LogP contribution is -2.20. The molecule has 2 atom stereocenters. The van der Waals surface area contributed by atoms with Crippen molar-refractivity contribution >= 4 is 10.8 Å². The smallest absolute Gasteiger partial charge is 0.0357 e. The van der Waals surface area contributed by atoms with Crippen LogP contribution in [0.1, 0.15) is 31.9 Å². The average molecular weight is 240 g/mol. The van der Waals surface area contributed by atoms with Crippen LogP contribution in [0.2, 0.25) is 0 Å². The van der Waals surface area contributed by atoms with Crippen molar-refractivity contribution in [1.82, 2.24) is 10.3 Å². The van der Waals surface area contributed by atoms with Gasteiger partial charge >= 0.3 is 0 Å². The Morgan fingerprint density at radius 3 is 2.78 bits per heavy atom. The van der Waals surface area contributed by atoms with Crippen molar-refractivity contribution in [3.8, 4) is 0 Å². The van der Waals surface area contributed by atoms with E-state index in [2.05, 4.69) is 55.5 Å². The minimum atomic E-state index is 0.450. The van der Waals surface area contributed by atoms with Crippen LogP contribution < -0.4 is 5.32 Å². The summed E-state index contributed by atoms with van der Waals surface area (Å²) in [6.45, 7) is 4.71. The number of nitrogens with zero attached hydrogens (tertiary/aromatic N) is 1. The molecule has 1 aromatic carbocycles. The van der Waals surface area contributed by atoms with E-state index in [1.807, 2.05) is 12.4 Å². The Labute approximate surface area is 108 Å². The first-order chi connectivity index (χ1) is 8.63. The van der Waals surface area contributed by atoms with Crippen molar-refractivity contribution in [3.05, 3.63) is 42.2 Å². The molecule has 1 heterocycles. The molecule has 1 aliphatic carbocycles. The van der Waals surface area contributed by atoms with Gasteiger partial charge in [-0.1, -0.05) is 32.0 Å². The van der Waals surface area contributed by atoms with Crippen LogP contribution in [0, 0.1) is 11.3 Å². The van der Waals surface area contributed by atoms with Gasteiger partial charge in [0.25, 0.3) is 0 Å². The zero-order valence-corrected chi connectivity index (χ0v) is 11.3. The van der Waals surface area contributed by atoms with Gasteiger partial charge in [-0.25, -0.2) is 0 Å². The van der Waals surface area contributed by atoms with Crippen molar-refractivity contribution in [2.24, 2.45) is 11.3 Å². The molecule has 1 N–H and O–H groups in total. The summed E-state index contributed by atoms with van der Waals surface area (Å²) in [6, 6.07) is 9.10. The highest BCUT2D eigenvalue weighted by molar-refractivity contribution is 5.85. The second-order valence-electron chi connectivity index (χ2n) is 6.01. The van der Waals surface area contributed by atoms with E-state index in [1.165, 1.54) is 22.8 Å². The highest BCUT2D eigenvalue weighted by Crippen LogP contribution is 2.58. The Kier molecular flexibility index (Phi) is 2.63. The summed E-state index contributed by atoms with van der Waals surface area (Å²) in [6.07, 6.45) is 5.14. The fraction of sp³-hybridized carbons (Fsp3) is 0.438. The highest BCUT2D eigenvalue weighted by Gasteiger charge is 2.50. The molecule has 1 fully saturated rings. The molecule has 18 heavy (non-hydrogen) atoms. The minimum Gasteiger partial charge on any atom is -0.313 e. The maximum absolute atomic E-state index is 4.21. The summed E-state index contributed by atoms with van der Waals surface area (Å²) in [4.78, 5) is 4.21. The van der Waals surface area contributed by atoms with E-state index >= 15 is 0 Å². The number of benzene rings is 1. The Morgan fingerprint density at radius 2 is 2.11 bits per heavy atom. The molecule has 94 valence electrons. The van der Waals surface area contributed by atoms with Crippen molar-refractivity contribution in [2.45, 2.75) is 26.3 Å². The van der Waals surface area contributed by atoms with E-state index in [9.17, 15) is 0 Å². The monoisotopic (exact) mass is 240 g/mol. The van der Waals surface area contributed by atoms with E-state index in [0.29, 0.717) is 11.5 Å². The average Bonchev–Trinajstić information content (AvgIpc) is 2.99. The molecule has 0 bridgehead atoms. The van der Waals surface area contributed by atoms with Gasteiger partial charge in [0.1, 0.15) is 0 Å². The number of pyridine rings is 1. The lowest BCUT2D eigenvalue weighted by atomic mass is 9.93. The van der Waals surface area contributed by atoms with Crippen molar-refractivity contribution < 1.29 is 0 Å². The highest BCUT2D eigenvalue weighted by atomic mass is 14.9. The summed E-state index contributed by atoms with van der Waals surface area (Å²) in [5.41, 5.74) is 1.89. The van der Waals surface area contributed by atoms with Gasteiger partial charge < -0.3 is 5.32 Å². The summed E-state index contributed by atoms with van der Waals surface area (Å²) >= 11 is 0. The number of fused-ring (bicyclic) bond motifs is 1. The van der Waals surface area contributed by atoms with Gasteiger partial charge in [0.15, 0.2) is 0 Å². The Bertz CT molecular complexity index is 569. The SMILES string of the molecule is CNC(c1cccc2cnccc12)C1CC1(C)C. The minimum absolute atomic E-state index is 0.450. The number of nitrogens with one attached hydrogen (secondary N) is 1. The fourth-order valence-electron chi connectivity index (χ4n) is 3.07. The topological polar surface area (TPSA) is 24.9 Å². The molecule has 0 saturated heterocycles. The van der Waals surface area contributed by atoms with Crippen molar-refractivity contribution in [1.29, 1.82) is 0 Å². The maximum atomic E-state index is 4.21. The molecule has 1 aromatic heterocycles. The van der Waals surface area contributed by atoms with Crippen LogP contribution in [0.15, 0.2) is 36.7 Å². The van der Waals surface area contributed by atoms with Gasteiger partial charge in [-0.15, -0.1) is 0 Å². The molecular formula is C16H20N2. The standard InChI is InChI=1S/C16H20N2/c1-16(2)9-14(16)15(17-3)13-6-4-5-11-10-18-8-7-12(11)13/h4-8,10,14-15,17H,9H2,1-3H3. The van der Waals surface area contributed by atoms with Gasteiger partial charge in [-0.3, -0.25) is 4.98 Å². The zero-order chi connectivity index (χ0) is 12.8. The molecule has 0 amide bonds. The second-order valence-corrected chi connectivity index (χ2v) is 6.01. The van der Waals surface area contributed by atoms with Crippen molar-refractivity contribution in [2.75, 3.05) is 7.05 Å². The van der Waals surface area contributed by atoms with E-state index in [0.717, 1.165) is 5.92 Å². The molecule has 2 unspecified atom stereocenters. The first-order valence-corrected chi connectivity index (χ1v) is 6.63. The number of aromatic nitrogens is 1. The number of hydrogen-bond acceptors (Lipinski definition) is 2. The Hall–Kier alpha value is -1.41. The van der Waals surface area contributed by atoms with Crippen LogP contribution >= 0.6 is 0 Å². The summed E-state index contributed by atoms with van der Waals surface area (Å²) in [7, 11) is 2.07. The molecule has 0 aliphatic heterocycles. The number of hydrogen-bond donors (Lipinski definition) is 1. The van der Waals surface area contributed by atoms with Crippen LogP contribution in [0.3, 0.4) is 0 Å². The van der Waals surface area contributed by atoms with Crippen LogP contribution in [-0.2, 0) is 0 Å². The molecule has 0 spiro atoms. The van der Waals surface area contributed by atoms with E-state index < -0.39 is 0 Å². The van der Waals surface area contributed by atoms with Gasteiger partial charge in [0, 0.05) is 23.8 Å². The third-order valence-corrected chi connectivity index (χ3v) is 4.35. The molecule has 1 aliphatic rings. The van der Waals surface area contributed by atoms with E-state index in [4.69, 9.17) is 0 Å². The molecular weight excluding hydrogens is 220 g/mol. The Balaban J connectivity index is 2.08. The van der Waals surface area contributed by atoms with Crippen molar-refractivity contribution in [3.63, 3.8) is 0 Å². The summed E-state index contributed by atoms with van der Waals surface area (Å²) in [5, 5.41) is 6.07. The third-order valence-electron chi connectivity index (χ3n) is 4.35. The molecule has 0 radical (unpaired) electrons. The third kappa shape index (κ3) is 1.81. The first-order valence-electron chi connectivity index (χ1n) is 6.63. The van der Waals surface area contributed by atoms with E-state index in [1.54, 1.807) is 0 Å². The predicted octanol–water partition coefficient (Wildman–Crippen LogP) is 3.54. The quantitative estimate of drug-likeness (QED) is 0.887. The van der Waals surface area contributed by atoms with Crippen LogP contribution in [-0.4, -0.2) is 12.0 Å². The summed E-state index contributed by atoms with van der Waals surface area (Å²) < 4.78 is 0.